The fraction of sp³-hybridized carbons (Fsp3) is 0. The van der Waals surface area contributed by atoms with Crippen molar-refractivity contribution in [2.24, 2.45) is 0 Å². The predicted octanol–water partition coefficient (Wildman–Crippen LogP) is 1.31. The average molecular weight is 278 g/mol. The zero-order valence-electron chi connectivity index (χ0n) is 9.27. The van der Waals surface area contributed by atoms with Crippen molar-refractivity contribution in [3.8, 4) is 17.3 Å². The molecule has 19 heavy (non-hydrogen) atoms. The van der Waals surface area contributed by atoms with Crippen molar-refractivity contribution in [3.05, 3.63) is 42.2 Å². The number of rotatable bonds is 2. The molecule has 0 aliphatic carbocycles. The van der Waals surface area contributed by atoms with E-state index in [1.807, 2.05) is 0 Å². The second-order valence-electron chi connectivity index (χ2n) is 3.42. The fourth-order valence-corrected chi connectivity index (χ4v) is 1.59. The molecule has 0 spiro atoms. The van der Waals surface area contributed by atoms with Crippen LogP contribution in [0.5, 0.6) is 0 Å². The summed E-state index contributed by atoms with van der Waals surface area (Å²) >= 11 is 5.81. The highest BCUT2D eigenvalue weighted by Crippen LogP contribution is 2.19. The summed E-state index contributed by atoms with van der Waals surface area (Å²) in [6.07, 6.45) is 5.23. The highest BCUT2D eigenvalue weighted by Gasteiger charge is 2.12. The molecule has 0 bridgehead atoms. The molecule has 0 saturated carbocycles. The second kappa shape index (κ2) is 4.65. The quantitative estimate of drug-likeness (QED) is 0.702. The van der Waals surface area contributed by atoms with Gasteiger partial charge in [0.1, 0.15) is 12.7 Å². The van der Waals surface area contributed by atoms with Crippen LogP contribution in [0.25, 0.3) is 17.3 Å². The van der Waals surface area contributed by atoms with E-state index in [9.17, 15) is 4.39 Å². The zero-order chi connectivity index (χ0) is 13.2. The van der Waals surface area contributed by atoms with E-state index >= 15 is 0 Å². The molecule has 0 N–H and O–H groups in total. The molecule has 0 unspecified atom stereocenters. The van der Waals surface area contributed by atoms with Crippen LogP contribution >= 0.6 is 11.6 Å². The van der Waals surface area contributed by atoms with Gasteiger partial charge in [-0.2, -0.15) is 24.7 Å². The standard InChI is InChI=1S/C10H5ClFN7/c11-9-16-8(6-1-2-13-3-7(6)12)17-10(18-9)19-5-14-4-15-19/h1-5H. The minimum absolute atomic E-state index is 0.0632. The van der Waals surface area contributed by atoms with Crippen LogP contribution < -0.4 is 0 Å². The number of halogens is 2. The van der Waals surface area contributed by atoms with Crippen LogP contribution in [0.4, 0.5) is 4.39 Å². The van der Waals surface area contributed by atoms with Gasteiger partial charge in [-0.05, 0) is 17.7 Å². The van der Waals surface area contributed by atoms with Crippen LogP contribution in [-0.2, 0) is 0 Å². The first kappa shape index (κ1) is 11.6. The Balaban J connectivity index is 2.16. The van der Waals surface area contributed by atoms with Gasteiger partial charge in [-0.1, -0.05) is 0 Å². The summed E-state index contributed by atoms with van der Waals surface area (Å²) in [6, 6.07) is 1.45. The lowest BCUT2D eigenvalue weighted by atomic mass is 10.2. The zero-order valence-corrected chi connectivity index (χ0v) is 10.0. The molecule has 0 aliphatic rings. The first-order chi connectivity index (χ1) is 9.24. The van der Waals surface area contributed by atoms with Gasteiger partial charge in [-0.25, -0.2) is 9.37 Å². The number of hydrogen-bond donors (Lipinski definition) is 0. The molecule has 3 aromatic rings. The Bertz CT molecular complexity index is 716. The third-order valence-corrected chi connectivity index (χ3v) is 2.40. The van der Waals surface area contributed by atoms with Gasteiger partial charge in [0.15, 0.2) is 11.6 Å². The third kappa shape index (κ3) is 2.25. The molecule has 0 fully saturated rings. The predicted molar refractivity (Wildman–Crippen MR) is 62.9 cm³/mol. The lowest BCUT2D eigenvalue weighted by Gasteiger charge is -2.04. The molecule has 3 aromatic heterocycles. The van der Waals surface area contributed by atoms with Gasteiger partial charge in [-0.3, -0.25) is 4.98 Å². The summed E-state index contributed by atoms with van der Waals surface area (Å²) in [4.78, 5) is 19.3. The largest absolute Gasteiger partial charge is 0.262 e. The summed E-state index contributed by atoms with van der Waals surface area (Å²) in [6.45, 7) is 0. The van der Waals surface area contributed by atoms with Crippen molar-refractivity contribution in [3.63, 3.8) is 0 Å². The van der Waals surface area contributed by atoms with Crippen molar-refractivity contribution >= 4 is 11.6 Å². The molecule has 3 rings (SSSR count). The maximum Gasteiger partial charge on any atom is 0.256 e. The maximum absolute atomic E-state index is 13.6. The number of aromatic nitrogens is 7. The summed E-state index contributed by atoms with van der Waals surface area (Å²) in [5, 5.41) is 3.81. The molecule has 0 aliphatic heterocycles. The van der Waals surface area contributed by atoms with Crippen molar-refractivity contribution in [2.45, 2.75) is 0 Å². The molecular weight excluding hydrogens is 273 g/mol. The normalized spacial score (nSPS) is 10.6. The number of hydrogen-bond acceptors (Lipinski definition) is 6. The average Bonchev–Trinajstić information content (AvgIpc) is 2.92. The summed E-state index contributed by atoms with van der Waals surface area (Å²) in [7, 11) is 0. The highest BCUT2D eigenvalue weighted by atomic mass is 35.5. The minimum Gasteiger partial charge on any atom is -0.262 e. The van der Waals surface area contributed by atoms with E-state index in [4.69, 9.17) is 11.6 Å². The molecular formula is C10H5ClFN7. The Morgan fingerprint density at radius 1 is 1.16 bits per heavy atom. The maximum atomic E-state index is 13.6. The van der Waals surface area contributed by atoms with E-state index in [0.29, 0.717) is 0 Å². The number of nitrogens with zero attached hydrogens (tertiary/aromatic N) is 7. The minimum atomic E-state index is -0.547. The molecule has 0 radical (unpaired) electrons. The Morgan fingerprint density at radius 3 is 2.79 bits per heavy atom. The second-order valence-corrected chi connectivity index (χ2v) is 3.76. The van der Waals surface area contributed by atoms with Gasteiger partial charge >= 0.3 is 0 Å². The van der Waals surface area contributed by atoms with Gasteiger partial charge in [0, 0.05) is 6.20 Å². The SMILES string of the molecule is Fc1cnccc1-c1nc(Cl)nc(-n2cncn2)n1. The van der Waals surface area contributed by atoms with Crippen LogP contribution in [0.2, 0.25) is 5.28 Å². The van der Waals surface area contributed by atoms with Crippen molar-refractivity contribution < 1.29 is 4.39 Å². The van der Waals surface area contributed by atoms with E-state index in [1.54, 1.807) is 0 Å². The number of pyridine rings is 1. The van der Waals surface area contributed by atoms with Crippen LogP contribution in [0.3, 0.4) is 0 Å². The van der Waals surface area contributed by atoms with Gasteiger partial charge in [0.25, 0.3) is 5.95 Å². The van der Waals surface area contributed by atoms with Gasteiger partial charge in [0.2, 0.25) is 5.28 Å². The molecule has 9 heteroatoms. The molecule has 94 valence electrons. The van der Waals surface area contributed by atoms with Crippen molar-refractivity contribution in [1.29, 1.82) is 0 Å². The lowest BCUT2D eigenvalue weighted by Crippen LogP contribution is -2.05. The van der Waals surface area contributed by atoms with Crippen LogP contribution in [0, 0.1) is 5.82 Å². The fourth-order valence-electron chi connectivity index (χ4n) is 1.43. The van der Waals surface area contributed by atoms with Crippen LogP contribution in [0.1, 0.15) is 0 Å². The topological polar surface area (TPSA) is 82.3 Å². The first-order valence-corrected chi connectivity index (χ1v) is 5.48. The molecule has 3 heterocycles. The van der Waals surface area contributed by atoms with Crippen molar-refractivity contribution in [1.82, 2.24) is 34.7 Å². The van der Waals surface area contributed by atoms with Gasteiger partial charge < -0.3 is 0 Å². The molecule has 0 atom stereocenters. The monoisotopic (exact) mass is 277 g/mol. The Labute approximate surface area is 111 Å². The summed E-state index contributed by atoms with van der Waals surface area (Å²) in [5.41, 5.74) is 0.181. The van der Waals surface area contributed by atoms with Gasteiger partial charge in [0.05, 0.1) is 11.8 Å². The Morgan fingerprint density at radius 2 is 2.05 bits per heavy atom. The van der Waals surface area contributed by atoms with E-state index in [-0.39, 0.29) is 22.6 Å². The van der Waals surface area contributed by atoms with E-state index in [1.165, 1.54) is 29.6 Å². The molecule has 7 nitrogen and oxygen atoms in total. The Kier molecular flexibility index (Phi) is 2.84. The third-order valence-electron chi connectivity index (χ3n) is 2.23. The van der Waals surface area contributed by atoms with E-state index in [2.05, 4.69) is 30.0 Å². The molecule has 0 amide bonds. The van der Waals surface area contributed by atoms with Gasteiger partial charge in [-0.15, -0.1) is 0 Å². The van der Waals surface area contributed by atoms with Crippen LogP contribution in [-0.4, -0.2) is 34.7 Å². The first-order valence-electron chi connectivity index (χ1n) is 5.10. The molecule has 0 saturated heterocycles. The summed E-state index contributed by atoms with van der Waals surface area (Å²) in [5.74, 6) is -0.289. The Hall–Kier alpha value is -2.48. The lowest BCUT2D eigenvalue weighted by molar-refractivity contribution is 0.623. The van der Waals surface area contributed by atoms with E-state index < -0.39 is 5.82 Å². The van der Waals surface area contributed by atoms with Crippen molar-refractivity contribution in [2.75, 3.05) is 0 Å². The smallest absolute Gasteiger partial charge is 0.256 e. The van der Waals surface area contributed by atoms with E-state index in [0.717, 1.165) is 6.20 Å². The summed E-state index contributed by atoms with van der Waals surface area (Å²) < 4.78 is 14.9. The van der Waals surface area contributed by atoms with Crippen LogP contribution in [0.15, 0.2) is 31.1 Å². The highest BCUT2D eigenvalue weighted by molar-refractivity contribution is 6.28. The molecule has 0 aromatic carbocycles.